The van der Waals surface area contributed by atoms with Gasteiger partial charge < -0.3 is 39.7 Å². The van der Waals surface area contributed by atoms with Gasteiger partial charge in [0.25, 0.3) is 0 Å². The lowest BCUT2D eigenvalue weighted by Gasteiger charge is -2.29. The fraction of sp³-hybridized carbons (Fsp3) is 0.833. The van der Waals surface area contributed by atoms with Crippen LogP contribution in [-0.4, -0.2) is 72.2 Å². The second kappa shape index (κ2) is 7.69. The summed E-state index contributed by atoms with van der Waals surface area (Å²) in [5.74, 6) is 0. The van der Waals surface area contributed by atoms with Crippen molar-refractivity contribution in [3.05, 3.63) is 0 Å². The van der Waals surface area contributed by atoms with Crippen molar-refractivity contribution in [1.82, 2.24) is 0 Å². The summed E-state index contributed by atoms with van der Waals surface area (Å²) in [7, 11) is -10.6. The molecule has 4 atom stereocenters. The van der Waals surface area contributed by atoms with Crippen LogP contribution in [0.2, 0.25) is 0 Å². The Morgan fingerprint density at radius 2 is 1.45 bits per heavy atom. The van der Waals surface area contributed by atoms with Gasteiger partial charge in [-0.05, 0) is 0 Å². The molecule has 0 aliphatic rings. The van der Waals surface area contributed by atoms with Crippen molar-refractivity contribution in [3.8, 4) is 0 Å². The minimum atomic E-state index is -5.30. The number of hydrogen-bond donors (Lipinski definition) is 7. The van der Waals surface area contributed by atoms with Gasteiger partial charge in [0.1, 0.15) is 18.3 Å². The number of rotatable bonds is 9. The van der Waals surface area contributed by atoms with Gasteiger partial charge in [0.05, 0.1) is 6.61 Å². The predicted molar refractivity (Wildman–Crippen MR) is 59.0 cm³/mol. The van der Waals surface area contributed by atoms with Gasteiger partial charge in [-0.25, -0.2) is 9.13 Å². The number of aliphatic hydroxyl groups excluding tert-OH is 3. The van der Waals surface area contributed by atoms with E-state index >= 15 is 0 Å². The van der Waals surface area contributed by atoms with Crippen LogP contribution in [0.25, 0.3) is 0 Å². The summed E-state index contributed by atoms with van der Waals surface area (Å²) in [6.07, 6.45) is -9.21. The van der Waals surface area contributed by atoms with Crippen molar-refractivity contribution in [2.45, 2.75) is 24.4 Å². The van der Waals surface area contributed by atoms with Gasteiger partial charge in [-0.1, -0.05) is 0 Å². The van der Waals surface area contributed by atoms with Crippen LogP contribution in [-0.2, 0) is 23.0 Å². The van der Waals surface area contributed by atoms with Gasteiger partial charge in [0.2, 0.25) is 0 Å². The van der Waals surface area contributed by atoms with E-state index < -0.39 is 46.7 Å². The van der Waals surface area contributed by atoms with E-state index in [9.17, 15) is 19.0 Å². The van der Waals surface area contributed by atoms with Crippen LogP contribution < -0.4 is 0 Å². The van der Waals surface area contributed by atoms with Crippen LogP contribution in [0.3, 0.4) is 0 Å². The Balaban J connectivity index is 5.31. The molecule has 4 unspecified atom stereocenters. The Kier molecular flexibility index (Phi) is 7.60. The molecule has 0 fully saturated rings. The lowest BCUT2D eigenvalue weighted by molar-refractivity contribution is -0.133. The van der Waals surface area contributed by atoms with E-state index in [1.165, 1.54) is 0 Å². The van der Waals surface area contributed by atoms with Crippen LogP contribution in [0.4, 0.5) is 0 Å². The number of phosphoric acid groups is 2. The Hall–Kier alpha value is -0.230. The van der Waals surface area contributed by atoms with Gasteiger partial charge in [-0.3, -0.25) is 9.05 Å². The first-order valence-electron chi connectivity index (χ1n) is 4.81. The highest BCUT2D eigenvalue weighted by atomic mass is 31.2. The van der Waals surface area contributed by atoms with Crippen molar-refractivity contribution < 1.29 is 57.9 Å². The second-order valence-corrected chi connectivity index (χ2v) is 5.88. The van der Waals surface area contributed by atoms with Crippen molar-refractivity contribution >= 4 is 21.9 Å². The first-order chi connectivity index (χ1) is 8.91. The first kappa shape index (κ1) is 19.8. The van der Waals surface area contributed by atoms with Gasteiger partial charge in [0.15, 0.2) is 12.4 Å². The van der Waals surface area contributed by atoms with E-state index in [0.29, 0.717) is 0 Å². The Morgan fingerprint density at radius 3 is 1.75 bits per heavy atom. The highest BCUT2D eigenvalue weighted by Crippen LogP contribution is 2.43. The van der Waals surface area contributed by atoms with Crippen molar-refractivity contribution in [2.75, 3.05) is 6.61 Å². The fourth-order valence-corrected chi connectivity index (χ4v) is 2.17. The maximum Gasteiger partial charge on any atom is 0.470 e. The molecule has 0 heterocycles. The van der Waals surface area contributed by atoms with Crippen molar-refractivity contribution in [1.29, 1.82) is 0 Å². The van der Waals surface area contributed by atoms with E-state index in [-0.39, 0.29) is 6.29 Å². The van der Waals surface area contributed by atoms with Gasteiger partial charge in [0, 0.05) is 0 Å². The second-order valence-electron chi connectivity index (χ2n) is 3.50. The van der Waals surface area contributed by atoms with Crippen LogP contribution in [0.15, 0.2) is 0 Å². The Bertz CT molecular complexity index is 399. The van der Waals surface area contributed by atoms with E-state index in [4.69, 9.17) is 29.8 Å². The summed E-state index contributed by atoms with van der Waals surface area (Å²) in [5.41, 5.74) is 0. The van der Waals surface area contributed by atoms with Crippen molar-refractivity contribution in [3.63, 3.8) is 0 Å². The van der Waals surface area contributed by atoms with E-state index in [2.05, 4.69) is 9.05 Å². The third-order valence-electron chi connectivity index (χ3n) is 1.89. The minimum Gasteiger partial charge on any atom is -0.394 e. The highest BCUT2D eigenvalue weighted by Gasteiger charge is 2.41. The minimum absolute atomic E-state index is 0.299. The van der Waals surface area contributed by atoms with Crippen LogP contribution in [0, 0.1) is 0 Å². The van der Waals surface area contributed by atoms with Gasteiger partial charge in [-0.15, -0.1) is 0 Å². The molecule has 0 rings (SSSR count). The van der Waals surface area contributed by atoms with E-state index in [1.54, 1.807) is 0 Å². The molecule has 0 spiro atoms. The maximum atomic E-state index is 10.7. The molecule has 0 aliphatic heterocycles. The largest absolute Gasteiger partial charge is 0.470 e. The summed E-state index contributed by atoms with van der Waals surface area (Å²) in [4.78, 5) is 44.9. The zero-order chi connectivity index (χ0) is 16.1. The Morgan fingerprint density at radius 1 is 1.00 bits per heavy atom. The fourth-order valence-electron chi connectivity index (χ4n) is 1.12. The lowest BCUT2D eigenvalue weighted by Crippen LogP contribution is -2.48. The number of aldehydes is 1. The van der Waals surface area contributed by atoms with Crippen LogP contribution in [0.5, 0.6) is 0 Å². The predicted octanol–water partition coefficient (Wildman–Crippen LogP) is -3.14. The SMILES string of the molecule is O=CC(OP(=O)(O)O)C(OP(=O)(O)O)C(O)C(O)CO. The average molecular weight is 340 g/mol. The van der Waals surface area contributed by atoms with E-state index in [1.807, 2.05) is 0 Å². The molecule has 120 valence electrons. The standard InChI is InChI=1S/C6H14O12P2/c7-1-3(9)5(10)6(18-20(14,15)16)4(2-8)17-19(11,12)13/h2-7,9-10H,1H2,(H2,11,12,13)(H2,14,15,16). The van der Waals surface area contributed by atoms with Gasteiger partial charge >= 0.3 is 15.6 Å². The Labute approximate surface area is 112 Å². The topological polar surface area (TPSA) is 211 Å². The third-order valence-corrected chi connectivity index (χ3v) is 2.93. The third kappa shape index (κ3) is 7.53. The molecular formula is C6H14O12P2. The number of carbonyl (C=O) groups is 1. The lowest BCUT2D eigenvalue weighted by atomic mass is 10.0. The monoisotopic (exact) mass is 340 g/mol. The molecule has 0 aromatic heterocycles. The molecular weight excluding hydrogens is 326 g/mol. The molecule has 14 heteroatoms. The summed E-state index contributed by atoms with van der Waals surface area (Å²) in [6, 6.07) is 0. The smallest absolute Gasteiger partial charge is 0.394 e. The van der Waals surface area contributed by atoms with Gasteiger partial charge in [-0.2, -0.15) is 0 Å². The molecule has 0 saturated carbocycles. The van der Waals surface area contributed by atoms with Crippen molar-refractivity contribution in [2.24, 2.45) is 0 Å². The molecule has 0 saturated heterocycles. The zero-order valence-electron chi connectivity index (χ0n) is 9.66. The summed E-state index contributed by atoms with van der Waals surface area (Å²) in [6.45, 7) is -1.08. The quantitative estimate of drug-likeness (QED) is 0.164. The number of carbonyl (C=O) groups excluding carboxylic acids is 1. The highest BCUT2D eigenvalue weighted by molar-refractivity contribution is 7.46. The molecule has 7 N–H and O–H groups in total. The molecule has 12 nitrogen and oxygen atoms in total. The molecule has 0 aromatic carbocycles. The molecule has 0 aliphatic carbocycles. The number of phosphoric ester groups is 2. The number of hydrogen-bond acceptors (Lipinski definition) is 8. The van der Waals surface area contributed by atoms with E-state index in [0.717, 1.165) is 0 Å². The van der Waals surface area contributed by atoms with Crippen LogP contribution >= 0.6 is 15.6 Å². The molecule has 0 aromatic rings. The summed E-state index contributed by atoms with van der Waals surface area (Å²) >= 11 is 0. The summed E-state index contributed by atoms with van der Waals surface area (Å²) in [5, 5.41) is 27.2. The molecule has 20 heavy (non-hydrogen) atoms. The number of aliphatic hydroxyl groups is 3. The average Bonchev–Trinajstić information content (AvgIpc) is 2.29. The molecule has 0 amide bonds. The first-order valence-corrected chi connectivity index (χ1v) is 7.87. The normalized spacial score (nSPS) is 19.1. The van der Waals surface area contributed by atoms with Crippen LogP contribution in [0.1, 0.15) is 0 Å². The molecule has 0 radical (unpaired) electrons. The molecule has 0 bridgehead atoms. The summed E-state index contributed by atoms with van der Waals surface area (Å²) < 4.78 is 29.2. The maximum absolute atomic E-state index is 10.7. The zero-order valence-corrected chi connectivity index (χ0v) is 11.4.